The Kier molecular flexibility index (Phi) is 3.71. The lowest BCUT2D eigenvalue weighted by atomic mass is 10.1. The number of carbonyl (C=O) groups is 1. The highest BCUT2D eigenvalue weighted by Gasteiger charge is 2.28. The smallest absolute Gasteiger partial charge is 0.236 e. The van der Waals surface area contributed by atoms with Gasteiger partial charge in [-0.2, -0.15) is 0 Å². The molecule has 1 aromatic heterocycles. The van der Waals surface area contributed by atoms with Gasteiger partial charge in [0.25, 0.3) is 0 Å². The zero-order valence-electron chi connectivity index (χ0n) is 10.0. The van der Waals surface area contributed by atoms with Gasteiger partial charge >= 0.3 is 0 Å². The van der Waals surface area contributed by atoms with Crippen molar-refractivity contribution < 1.29 is 4.79 Å². The first-order valence-corrected chi connectivity index (χ1v) is 5.77. The van der Waals surface area contributed by atoms with Crippen LogP contribution in [0, 0.1) is 0 Å². The number of nitrogens with two attached hydrogens (primary N) is 1. The molecule has 1 aliphatic rings. The second-order valence-electron chi connectivity index (χ2n) is 4.49. The first-order chi connectivity index (χ1) is 8.16. The van der Waals surface area contributed by atoms with Crippen LogP contribution >= 0.6 is 0 Å². The minimum atomic E-state index is -0.244. The fraction of sp³-hybridized carbons (Fsp3) is 0.500. The fourth-order valence-corrected chi connectivity index (χ4v) is 2.13. The Morgan fingerprint density at radius 3 is 2.82 bits per heavy atom. The van der Waals surface area contributed by atoms with E-state index in [1.54, 1.807) is 12.4 Å². The van der Waals surface area contributed by atoms with E-state index >= 15 is 0 Å². The van der Waals surface area contributed by atoms with E-state index in [4.69, 9.17) is 5.73 Å². The molecule has 5 heteroatoms. The molecule has 0 radical (unpaired) electrons. The van der Waals surface area contributed by atoms with Crippen LogP contribution in [0.4, 0.5) is 0 Å². The van der Waals surface area contributed by atoms with Gasteiger partial charge in [0.2, 0.25) is 5.91 Å². The van der Waals surface area contributed by atoms with Crippen LogP contribution in [0.25, 0.3) is 0 Å². The number of piperazine rings is 1. The molecule has 1 amide bonds. The molecule has 5 nitrogen and oxygen atoms in total. The molecule has 0 aromatic carbocycles. The SMILES string of the molecule is CN1CCN(Cc2ccncc2)C[C@@H]1C(N)=O. The largest absolute Gasteiger partial charge is 0.368 e. The highest BCUT2D eigenvalue weighted by Crippen LogP contribution is 2.11. The number of likely N-dealkylation sites (N-methyl/N-ethyl adjacent to an activating group) is 1. The van der Waals surface area contributed by atoms with Crippen LogP contribution in [0.15, 0.2) is 24.5 Å². The van der Waals surface area contributed by atoms with Crippen molar-refractivity contribution in [3.05, 3.63) is 30.1 Å². The number of hydrogen-bond acceptors (Lipinski definition) is 4. The maximum atomic E-state index is 11.3. The molecule has 0 aliphatic carbocycles. The van der Waals surface area contributed by atoms with E-state index < -0.39 is 0 Å². The molecule has 17 heavy (non-hydrogen) atoms. The standard InChI is InChI=1S/C12H18N4O/c1-15-6-7-16(9-11(15)12(13)17)8-10-2-4-14-5-3-10/h2-5,11H,6-9H2,1H3,(H2,13,17)/t11-/m1/s1. The normalized spacial score (nSPS) is 22.5. The average Bonchev–Trinajstić information content (AvgIpc) is 2.32. The third-order valence-corrected chi connectivity index (χ3v) is 3.22. The molecule has 2 rings (SSSR count). The first kappa shape index (κ1) is 12.0. The lowest BCUT2D eigenvalue weighted by Crippen LogP contribution is -2.56. The van der Waals surface area contributed by atoms with Gasteiger partial charge in [0.15, 0.2) is 0 Å². The van der Waals surface area contributed by atoms with Gasteiger partial charge in [0.05, 0.1) is 0 Å². The second-order valence-corrected chi connectivity index (χ2v) is 4.49. The molecule has 0 unspecified atom stereocenters. The third kappa shape index (κ3) is 3.01. The van der Waals surface area contributed by atoms with Crippen molar-refractivity contribution in [1.29, 1.82) is 0 Å². The van der Waals surface area contributed by atoms with Crippen LogP contribution in [0.1, 0.15) is 5.56 Å². The zero-order valence-corrected chi connectivity index (χ0v) is 10.0. The van der Waals surface area contributed by atoms with Gasteiger partial charge in [-0.05, 0) is 24.7 Å². The molecule has 0 spiro atoms. The van der Waals surface area contributed by atoms with E-state index in [0.29, 0.717) is 6.54 Å². The third-order valence-electron chi connectivity index (χ3n) is 3.22. The van der Waals surface area contributed by atoms with Crippen molar-refractivity contribution in [3.8, 4) is 0 Å². The number of pyridine rings is 1. The minimum Gasteiger partial charge on any atom is -0.368 e. The predicted molar refractivity (Wildman–Crippen MR) is 65.1 cm³/mol. The van der Waals surface area contributed by atoms with Crippen LogP contribution in [-0.4, -0.2) is 53.4 Å². The number of amides is 1. The summed E-state index contributed by atoms with van der Waals surface area (Å²) in [6.45, 7) is 3.38. The van der Waals surface area contributed by atoms with Crippen LogP contribution in [0.5, 0.6) is 0 Å². The summed E-state index contributed by atoms with van der Waals surface area (Å²) in [7, 11) is 1.94. The molecule has 92 valence electrons. The van der Waals surface area contributed by atoms with Crippen LogP contribution in [0.2, 0.25) is 0 Å². The van der Waals surface area contributed by atoms with E-state index in [2.05, 4.69) is 9.88 Å². The van der Waals surface area contributed by atoms with Crippen molar-refractivity contribution in [1.82, 2.24) is 14.8 Å². The Bertz CT molecular complexity index is 381. The summed E-state index contributed by atoms with van der Waals surface area (Å²) in [5, 5.41) is 0. The fourth-order valence-electron chi connectivity index (χ4n) is 2.13. The van der Waals surface area contributed by atoms with Gasteiger partial charge in [0.1, 0.15) is 6.04 Å². The van der Waals surface area contributed by atoms with Crippen LogP contribution in [-0.2, 0) is 11.3 Å². The molecule has 2 N–H and O–H groups in total. The van der Waals surface area contributed by atoms with Crippen molar-refractivity contribution in [2.24, 2.45) is 5.73 Å². The second kappa shape index (κ2) is 5.25. The van der Waals surface area contributed by atoms with Gasteiger partial charge in [-0.25, -0.2) is 0 Å². The number of aromatic nitrogens is 1. The zero-order chi connectivity index (χ0) is 12.3. The maximum Gasteiger partial charge on any atom is 0.236 e. The predicted octanol–water partition coefficient (Wildman–Crippen LogP) is -0.317. The van der Waals surface area contributed by atoms with Gasteiger partial charge in [0, 0.05) is 38.6 Å². The van der Waals surface area contributed by atoms with E-state index in [1.165, 1.54) is 5.56 Å². The highest BCUT2D eigenvalue weighted by atomic mass is 16.1. The van der Waals surface area contributed by atoms with Gasteiger partial charge in [-0.15, -0.1) is 0 Å². The summed E-state index contributed by atoms with van der Waals surface area (Å²) in [5.41, 5.74) is 6.61. The number of hydrogen-bond donors (Lipinski definition) is 1. The Morgan fingerprint density at radius 1 is 1.47 bits per heavy atom. The molecule has 1 aromatic rings. The topological polar surface area (TPSA) is 62.5 Å². The van der Waals surface area contributed by atoms with E-state index in [0.717, 1.165) is 19.6 Å². The van der Waals surface area contributed by atoms with Crippen molar-refractivity contribution in [2.45, 2.75) is 12.6 Å². The summed E-state index contributed by atoms with van der Waals surface area (Å²) >= 11 is 0. The molecule has 1 aliphatic heterocycles. The molecule has 2 heterocycles. The number of nitrogens with zero attached hydrogens (tertiary/aromatic N) is 3. The molecule has 0 saturated carbocycles. The first-order valence-electron chi connectivity index (χ1n) is 5.77. The number of carbonyl (C=O) groups excluding carboxylic acids is 1. The highest BCUT2D eigenvalue weighted by molar-refractivity contribution is 5.80. The Labute approximate surface area is 101 Å². The van der Waals surface area contributed by atoms with E-state index in [1.807, 2.05) is 24.1 Å². The molecule has 1 saturated heterocycles. The Morgan fingerprint density at radius 2 is 2.18 bits per heavy atom. The summed E-state index contributed by atoms with van der Waals surface area (Å²) in [6, 6.07) is 3.82. The number of primary amides is 1. The van der Waals surface area contributed by atoms with Gasteiger partial charge in [-0.3, -0.25) is 19.6 Å². The lowest BCUT2D eigenvalue weighted by molar-refractivity contribution is -0.125. The molecular weight excluding hydrogens is 216 g/mol. The quantitative estimate of drug-likeness (QED) is 0.779. The summed E-state index contributed by atoms with van der Waals surface area (Å²) in [6.07, 6.45) is 3.58. The van der Waals surface area contributed by atoms with E-state index in [9.17, 15) is 4.79 Å². The van der Waals surface area contributed by atoms with E-state index in [-0.39, 0.29) is 11.9 Å². The summed E-state index contributed by atoms with van der Waals surface area (Å²) in [5.74, 6) is -0.244. The minimum absolute atomic E-state index is 0.175. The number of rotatable bonds is 3. The summed E-state index contributed by atoms with van der Waals surface area (Å²) < 4.78 is 0. The van der Waals surface area contributed by atoms with Crippen molar-refractivity contribution in [2.75, 3.05) is 26.7 Å². The Hall–Kier alpha value is -1.46. The van der Waals surface area contributed by atoms with Gasteiger partial charge in [-0.1, -0.05) is 0 Å². The average molecular weight is 234 g/mol. The maximum absolute atomic E-state index is 11.3. The molecule has 0 bridgehead atoms. The molecular formula is C12H18N4O. The van der Waals surface area contributed by atoms with Crippen LogP contribution < -0.4 is 5.73 Å². The lowest BCUT2D eigenvalue weighted by Gasteiger charge is -2.37. The molecule has 1 fully saturated rings. The van der Waals surface area contributed by atoms with Crippen LogP contribution in [0.3, 0.4) is 0 Å². The summed E-state index contributed by atoms with van der Waals surface area (Å²) in [4.78, 5) is 19.6. The Balaban J connectivity index is 1.97. The van der Waals surface area contributed by atoms with Gasteiger partial charge < -0.3 is 5.73 Å². The van der Waals surface area contributed by atoms with Crippen molar-refractivity contribution in [3.63, 3.8) is 0 Å². The van der Waals surface area contributed by atoms with Crippen molar-refractivity contribution >= 4 is 5.91 Å². The monoisotopic (exact) mass is 234 g/mol. The molecule has 1 atom stereocenters.